The van der Waals surface area contributed by atoms with Crippen LogP contribution in [-0.4, -0.2) is 38.9 Å². The summed E-state index contributed by atoms with van der Waals surface area (Å²) in [4.78, 5) is 13.5. The largest absolute Gasteiger partial charge is 0.338 e. The SMILES string of the molecule is C=CS(=O)(=O)NC[C@H]1CCN(C(=O)c2c(F)cccc2F)C1. The van der Waals surface area contributed by atoms with Crippen LogP contribution in [0.15, 0.2) is 30.2 Å². The zero-order chi connectivity index (χ0) is 16.3. The zero-order valence-corrected chi connectivity index (χ0v) is 12.6. The van der Waals surface area contributed by atoms with E-state index in [0.29, 0.717) is 13.0 Å². The molecular weight excluding hydrogens is 314 g/mol. The monoisotopic (exact) mass is 330 g/mol. The predicted octanol–water partition coefficient (Wildman–Crippen LogP) is 1.49. The Bertz CT molecular complexity index is 671. The number of carbonyl (C=O) groups is 1. The first-order chi connectivity index (χ1) is 10.3. The van der Waals surface area contributed by atoms with Crippen molar-refractivity contribution < 1.29 is 22.0 Å². The van der Waals surface area contributed by atoms with E-state index in [1.54, 1.807) is 0 Å². The van der Waals surface area contributed by atoms with Crippen molar-refractivity contribution in [1.29, 1.82) is 0 Å². The number of nitrogens with one attached hydrogen (secondary N) is 1. The molecule has 1 atom stereocenters. The molecule has 22 heavy (non-hydrogen) atoms. The molecule has 0 unspecified atom stereocenters. The first-order valence-electron chi connectivity index (χ1n) is 6.69. The van der Waals surface area contributed by atoms with Gasteiger partial charge in [0.1, 0.15) is 17.2 Å². The van der Waals surface area contributed by atoms with Crippen LogP contribution in [-0.2, 0) is 10.0 Å². The normalized spacial score (nSPS) is 18.5. The van der Waals surface area contributed by atoms with Crippen LogP contribution in [0.1, 0.15) is 16.8 Å². The van der Waals surface area contributed by atoms with Crippen molar-refractivity contribution in [3.63, 3.8) is 0 Å². The molecule has 5 nitrogen and oxygen atoms in total. The summed E-state index contributed by atoms with van der Waals surface area (Å²) in [6, 6.07) is 3.25. The lowest BCUT2D eigenvalue weighted by Gasteiger charge is -2.17. The summed E-state index contributed by atoms with van der Waals surface area (Å²) in [7, 11) is -3.52. The van der Waals surface area contributed by atoms with Gasteiger partial charge in [-0.1, -0.05) is 12.6 Å². The molecule has 1 aromatic carbocycles. The summed E-state index contributed by atoms with van der Waals surface area (Å²) in [5.41, 5.74) is -0.574. The van der Waals surface area contributed by atoms with E-state index >= 15 is 0 Å². The Kier molecular flexibility index (Phi) is 4.92. The number of rotatable bonds is 5. The second kappa shape index (κ2) is 6.53. The van der Waals surface area contributed by atoms with Gasteiger partial charge in [-0.15, -0.1) is 0 Å². The number of likely N-dealkylation sites (tertiary alicyclic amines) is 1. The lowest BCUT2D eigenvalue weighted by molar-refractivity contribution is 0.0778. The third-order valence-electron chi connectivity index (χ3n) is 3.54. The quantitative estimate of drug-likeness (QED) is 0.889. The van der Waals surface area contributed by atoms with Crippen LogP contribution in [0.3, 0.4) is 0 Å². The Morgan fingerprint density at radius 2 is 2.05 bits per heavy atom. The molecule has 120 valence electrons. The van der Waals surface area contributed by atoms with Gasteiger partial charge in [-0.25, -0.2) is 21.9 Å². The van der Waals surface area contributed by atoms with Gasteiger partial charge in [0.2, 0.25) is 10.0 Å². The highest BCUT2D eigenvalue weighted by Crippen LogP contribution is 2.21. The molecule has 1 fully saturated rings. The second-order valence-electron chi connectivity index (χ2n) is 5.06. The smallest absolute Gasteiger partial charge is 0.259 e. The van der Waals surface area contributed by atoms with Gasteiger partial charge in [-0.3, -0.25) is 4.79 Å². The van der Waals surface area contributed by atoms with Gasteiger partial charge in [0.25, 0.3) is 5.91 Å². The fourth-order valence-corrected chi connectivity index (χ4v) is 2.92. The van der Waals surface area contributed by atoms with Crippen molar-refractivity contribution >= 4 is 15.9 Å². The van der Waals surface area contributed by atoms with Crippen molar-refractivity contribution in [3.8, 4) is 0 Å². The van der Waals surface area contributed by atoms with Crippen molar-refractivity contribution in [2.45, 2.75) is 6.42 Å². The molecule has 2 rings (SSSR count). The Morgan fingerprint density at radius 3 is 2.64 bits per heavy atom. The minimum Gasteiger partial charge on any atom is -0.338 e. The number of halogens is 2. The van der Waals surface area contributed by atoms with Gasteiger partial charge >= 0.3 is 0 Å². The molecule has 0 aromatic heterocycles. The van der Waals surface area contributed by atoms with E-state index in [1.165, 1.54) is 11.0 Å². The topological polar surface area (TPSA) is 66.5 Å². The number of amides is 1. The third kappa shape index (κ3) is 3.69. The van der Waals surface area contributed by atoms with E-state index in [-0.39, 0.29) is 19.0 Å². The average Bonchev–Trinajstić information content (AvgIpc) is 2.94. The first kappa shape index (κ1) is 16.6. The first-order valence-corrected chi connectivity index (χ1v) is 8.24. The molecule has 1 aliphatic heterocycles. The van der Waals surface area contributed by atoms with Crippen molar-refractivity contribution in [1.82, 2.24) is 9.62 Å². The summed E-state index contributed by atoms with van der Waals surface area (Å²) in [5, 5.41) is 0.805. The van der Waals surface area contributed by atoms with Crippen molar-refractivity contribution in [2.75, 3.05) is 19.6 Å². The third-order valence-corrected chi connectivity index (χ3v) is 4.55. The Morgan fingerprint density at radius 1 is 1.41 bits per heavy atom. The highest BCUT2D eigenvalue weighted by atomic mass is 32.2. The van der Waals surface area contributed by atoms with Crippen molar-refractivity contribution in [2.24, 2.45) is 5.92 Å². The minimum atomic E-state index is -3.52. The summed E-state index contributed by atoms with van der Waals surface area (Å²) in [5.74, 6) is -2.63. The van der Waals surface area contributed by atoms with Gasteiger partial charge in [0.15, 0.2) is 0 Å². The lowest BCUT2D eigenvalue weighted by Crippen LogP contribution is -2.33. The molecule has 0 spiro atoms. The van der Waals surface area contributed by atoms with Crippen LogP contribution < -0.4 is 4.72 Å². The summed E-state index contributed by atoms with van der Waals surface area (Å²) >= 11 is 0. The highest BCUT2D eigenvalue weighted by molar-refractivity contribution is 7.92. The van der Waals surface area contributed by atoms with Gasteiger partial charge in [-0.2, -0.15) is 0 Å². The van der Waals surface area contributed by atoms with E-state index in [0.717, 1.165) is 17.5 Å². The molecule has 8 heteroatoms. The highest BCUT2D eigenvalue weighted by Gasteiger charge is 2.30. The fourth-order valence-electron chi connectivity index (χ4n) is 2.34. The average molecular weight is 330 g/mol. The van der Waals surface area contributed by atoms with Gasteiger partial charge in [-0.05, 0) is 24.5 Å². The van der Waals surface area contributed by atoms with Gasteiger partial charge in [0, 0.05) is 25.0 Å². The van der Waals surface area contributed by atoms with E-state index in [2.05, 4.69) is 11.3 Å². The number of carbonyl (C=O) groups excluding carboxylic acids is 1. The zero-order valence-electron chi connectivity index (χ0n) is 11.8. The number of benzene rings is 1. The Balaban J connectivity index is 2.01. The molecule has 1 N–H and O–H groups in total. The van der Waals surface area contributed by atoms with Crippen LogP contribution in [0.5, 0.6) is 0 Å². The summed E-state index contributed by atoms with van der Waals surface area (Å²) < 4.78 is 52.1. The number of hydrogen-bond acceptors (Lipinski definition) is 3. The van der Waals surface area contributed by atoms with E-state index in [4.69, 9.17) is 0 Å². The van der Waals surface area contributed by atoms with E-state index < -0.39 is 33.1 Å². The predicted molar refractivity (Wildman–Crippen MR) is 77.5 cm³/mol. The minimum absolute atomic E-state index is 0.103. The maximum Gasteiger partial charge on any atom is 0.259 e. The van der Waals surface area contributed by atoms with Gasteiger partial charge in [0.05, 0.1) is 0 Å². The van der Waals surface area contributed by atoms with Crippen LogP contribution >= 0.6 is 0 Å². The number of hydrogen-bond donors (Lipinski definition) is 1. The van der Waals surface area contributed by atoms with Crippen LogP contribution in [0.4, 0.5) is 8.78 Å². The maximum absolute atomic E-state index is 13.6. The Labute approximate surface area is 127 Å². The van der Waals surface area contributed by atoms with Crippen LogP contribution in [0.2, 0.25) is 0 Å². The van der Waals surface area contributed by atoms with E-state index in [9.17, 15) is 22.0 Å². The fraction of sp³-hybridized carbons (Fsp3) is 0.357. The molecule has 1 aliphatic rings. The molecule has 0 saturated carbocycles. The Hall–Kier alpha value is -1.80. The number of sulfonamides is 1. The summed E-state index contributed by atoms with van der Waals surface area (Å²) in [6.07, 6.45) is 0.557. The molecule has 0 radical (unpaired) electrons. The molecule has 0 aliphatic carbocycles. The molecule has 1 aromatic rings. The van der Waals surface area contributed by atoms with Gasteiger partial charge < -0.3 is 4.90 Å². The molecule has 1 heterocycles. The molecule has 0 bridgehead atoms. The number of nitrogens with zero attached hydrogens (tertiary/aromatic N) is 1. The maximum atomic E-state index is 13.6. The van der Waals surface area contributed by atoms with Crippen molar-refractivity contribution in [3.05, 3.63) is 47.4 Å². The van der Waals surface area contributed by atoms with Crippen LogP contribution in [0, 0.1) is 17.6 Å². The van der Waals surface area contributed by atoms with Crippen LogP contribution in [0.25, 0.3) is 0 Å². The lowest BCUT2D eigenvalue weighted by atomic mass is 10.1. The molecule has 1 saturated heterocycles. The standard InChI is InChI=1S/C14H16F2N2O3S/c1-2-22(20,21)17-8-10-6-7-18(9-10)14(19)13-11(15)4-3-5-12(13)16/h2-5,10,17H,1,6-9H2/t10-/m1/s1. The molecular formula is C14H16F2N2O3S. The molecule has 1 amide bonds. The second-order valence-corrected chi connectivity index (χ2v) is 6.77. The van der Waals surface area contributed by atoms with E-state index in [1.807, 2.05) is 0 Å². The summed E-state index contributed by atoms with van der Waals surface area (Å²) in [6.45, 7) is 3.90.